The van der Waals surface area contributed by atoms with E-state index >= 15 is 0 Å². The van der Waals surface area contributed by atoms with E-state index < -0.39 is 36.3 Å². The van der Waals surface area contributed by atoms with Crippen LogP contribution in [0.3, 0.4) is 0 Å². The van der Waals surface area contributed by atoms with Crippen LogP contribution in [0.15, 0.2) is 364 Å². The van der Waals surface area contributed by atoms with E-state index in [4.69, 9.17) is 13.7 Å². The van der Waals surface area contributed by atoms with Crippen molar-refractivity contribution in [3.05, 3.63) is 431 Å². The first kappa shape index (κ1) is 48.5. The molecule has 4 heterocycles. The van der Waals surface area contributed by atoms with Crippen molar-refractivity contribution in [2.24, 2.45) is 0 Å². The van der Waals surface area contributed by atoms with Gasteiger partial charge < -0.3 is 18.3 Å². The number of rotatable bonds is 6. The maximum absolute atomic E-state index is 8.98. The molecule has 0 aliphatic heterocycles. The van der Waals surface area contributed by atoms with Gasteiger partial charge in [-0.05, 0) is 163 Å². The van der Waals surface area contributed by atoms with E-state index in [1.165, 1.54) is 116 Å². The highest BCUT2D eigenvalue weighted by atomic mass is 15.0. The molecular weight excluding hydrogens is 1260 g/mol. The van der Waals surface area contributed by atoms with E-state index in [1.54, 1.807) is 0 Å². The molecule has 4 heteroatoms. The zero-order chi connectivity index (χ0) is 76.5. The molecule has 0 fully saturated rings. The summed E-state index contributed by atoms with van der Waals surface area (Å²) >= 11 is 0. The number of nitrogens with zero attached hydrogens (tertiary/aromatic N) is 4. The second kappa shape index (κ2) is 22.1. The third-order valence-corrected chi connectivity index (χ3v) is 23.2. The van der Waals surface area contributed by atoms with E-state index in [1.807, 2.05) is 75.9 Å². The number of aromatic nitrogens is 4. The summed E-state index contributed by atoms with van der Waals surface area (Å²) in [5, 5.41) is 8.99. The Bertz CT molecular complexity index is 7200. The first-order valence-electron chi connectivity index (χ1n) is 40.7. The molecule has 4 bridgehead atoms. The van der Waals surface area contributed by atoms with Crippen molar-refractivity contribution >= 4 is 87.2 Å². The van der Waals surface area contributed by atoms with E-state index in [9.17, 15) is 0 Å². The van der Waals surface area contributed by atoms with Crippen LogP contribution in [0, 0.1) is 0 Å². The van der Waals surface area contributed by atoms with Crippen LogP contribution in [0.25, 0.3) is 132 Å². The third kappa shape index (κ3) is 7.86. The molecule has 16 aromatic carbocycles. The fourth-order valence-electron chi connectivity index (χ4n) is 19.4. The summed E-state index contributed by atoms with van der Waals surface area (Å²) in [4.78, 5) is 0. The van der Waals surface area contributed by atoms with Crippen LogP contribution in [0.5, 0.6) is 0 Å². The predicted molar refractivity (Wildman–Crippen MR) is 431 cm³/mol. The summed E-state index contributed by atoms with van der Waals surface area (Å²) in [5.74, 6) is -0.254. The Kier molecular flexibility index (Phi) is 10.3. The van der Waals surface area contributed by atoms with Crippen LogP contribution in [0.2, 0.25) is 0 Å². The molecule has 104 heavy (non-hydrogen) atoms. The fraction of sp³-hybridized carbons (Fsp3) is 0.0400. The highest BCUT2D eigenvalue weighted by molar-refractivity contribution is 6.18. The summed E-state index contributed by atoms with van der Waals surface area (Å²) in [6.45, 7) is 0. The standard InChI is InChI=1S/C56H36N2.C44H28N2/c1-3-17-35(18-4-1)37-21-9-13-27-45(37)57-47-29-15-11-25-41(47)52-49(57)33-31-43-51-39-23-7-8-24-40(39)54(55(43)52)56-44(51)32-34-50-53(56)42-26-12-16-30-48(42)58(50)46-28-14-10-22-38(46)36-19-5-2-6-20-36;1-3-13-27(14-4-1)45-35-21-11-9-19-31(35)40-37(45)25-23-33-39-29-17-7-8-18-30(29)42(43(33)40)44-34(39)24-26-38-41(44)32-20-10-12-22-36(32)46(38)28-15-5-2-6-16-28/h1-34,51,54H;1-26,39,42H/i;1D,2D,3D,4D,5D,6D,13D,14D,15D,16D. The lowest BCUT2D eigenvalue weighted by Crippen LogP contribution is -2.28. The number of benzene rings is 16. The summed E-state index contributed by atoms with van der Waals surface area (Å²) in [6, 6.07) is 105. The molecule has 6 aliphatic carbocycles. The Labute approximate surface area is 615 Å². The molecule has 0 N–H and O–H groups in total. The van der Waals surface area contributed by atoms with Gasteiger partial charge in [0.2, 0.25) is 0 Å². The summed E-state index contributed by atoms with van der Waals surface area (Å²) in [6.07, 6.45) is 0. The normalized spacial score (nSPS) is 17.0. The molecule has 26 rings (SSSR count). The summed E-state index contributed by atoms with van der Waals surface area (Å²) in [7, 11) is 0. The lowest BCUT2D eigenvalue weighted by Gasteiger charge is -2.43. The first-order valence-corrected chi connectivity index (χ1v) is 35.7. The minimum absolute atomic E-state index is 0.0610. The van der Waals surface area contributed by atoms with E-state index in [2.05, 4.69) is 246 Å². The van der Waals surface area contributed by atoms with Crippen molar-refractivity contribution in [1.82, 2.24) is 18.3 Å². The van der Waals surface area contributed by atoms with Crippen molar-refractivity contribution in [1.29, 1.82) is 0 Å². The Morgan fingerprint density at radius 3 is 0.817 bits per heavy atom. The van der Waals surface area contributed by atoms with Gasteiger partial charge in [-0.25, -0.2) is 0 Å². The molecule has 6 aliphatic rings. The highest BCUT2D eigenvalue weighted by Crippen LogP contribution is 2.63. The van der Waals surface area contributed by atoms with Gasteiger partial charge in [-0.1, -0.05) is 279 Å². The van der Waals surface area contributed by atoms with Crippen LogP contribution in [0.4, 0.5) is 0 Å². The van der Waals surface area contributed by atoms with Crippen molar-refractivity contribution in [3.8, 4) is 45.0 Å². The average molecular weight is 1330 g/mol. The molecule has 20 aromatic rings. The van der Waals surface area contributed by atoms with Crippen molar-refractivity contribution < 1.29 is 13.7 Å². The molecular formula is C100H64N4. The molecule has 0 radical (unpaired) electrons. The zero-order valence-corrected chi connectivity index (χ0v) is 56.0. The molecule has 0 saturated carbocycles. The minimum atomic E-state index is -0.445. The number of hydrogen-bond donors (Lipinski definition) is 0. The summed E-state index contributed by atoms with van der Waals surface area (Å²) < 4.78 is 95.3. The molecule has 0 unspecified atom stereocenters. The predicted octanol–water partition coefficient (Wildman–Crippen LogP) is 25.1. The molecule has 4 nitrogen and oxygen atoms in total. The highest BCUT2D eigenvalue weighted by Gasteiger charge is 2.47. The molecule has 0 saturated heterocycles. The van der Waals surface area contributed by atoms with Crippen molar-refractivity contribution in [3.63, 3.8) is 0 Å². The molecule has 4 aromatic heterocycles. The van der Waals surface area contributed by atoms with Gasteiger partial charge in [0, 0.05) is 89.3 Å². The average Bonchev–Trinajstić information content (AvgIpc) is 1.38. The quantitative estimate of drug-likeness (QED) is 0.158. The van der Waals surface area contributed by atoms with E-state index in [0.717, 1.165) is 71.4 Å². The Morgan fingerprint density at radius 1 is 0.202 bits per heavy atom. The lowest BCUT2D eigenvalue weighted by molar-refractivity contribution is 0.768. The monoisotopic (exact) mass is 1330 g/mol. The van der Waals surface area contributed by atoms with Gasteiger partial charge in [0.1, 0.15) is 0 Å². The SMILES string of the molecule is [2H]c1c([2H])c([2H])c(-n2c3ccccc3c3c4c(ccc32)C2c3ccccc3C4c3c2ccc2c3c3ccccc3n2-c2c([2H])c([2H])c([2H])c([2H])c2[2H])c([2H])c1[2H].c1ccc(-c2ccccc2-n2c3ccccc3c3c4c(ccc32)C2c3ccccc3C4c3c2ccc2c3c3ccccc3n2-c2ccccc2-c2ccccc2)cc1. The van der Waals surface area contributed by atoms with Crippen LogP contribution >= 0.6 is 0 Å². The Balaban J connectivity index is 0.000000135. The molecule has 0 amide bonds. The molecule has 0 atom stereocenters. The van der Waals surface area contributed by atoms with Crippen LogP contribution in [0.1, 0.15) is 104 Å². The number of para-hydroxylation sites is 8. The van der Waals surface area contributed by atoms with E-state index in [-0.39, 0.29) is 59.2 Å². The van der Waals surface area contributed by atoms with Gasteiger partial charge in [-0.15, -0.1) is 0 Å². The largest absolute Gasteiger partial charge is 0.309 e. The van der Waals surface area contributed by atoms with Crippen molar-refractivity contribution in [2.75, 3.05) is 0 Å². The fourth-order valence-corrected chi connectivity index (χ4v) is 19.4. The zero-order valence-electron chi connectivity index (χ0n) is 66.0. The summed E-state index contributed by atoms with van der Waals surface area (Å²) in [5.41, 5.74) is 30.7. The molecule has 484 valence electrons. The minimum Gasteiger partial charge on any atom is -0.309 e. The van der Waals surface area contributed by atoms with E-state index in [0.29, 0.717) is 0 Å². The van der Waals surface area contributed by atoms with Gasteiger partial charge in [0.15, 0.2) is 0 Å². The van der Waals surface area contributed by atoms with Crippen LogP contribution in [-0.4, -0.2) is 18.3 Å². The van der Waals surface area contributed by atoms with Crippen LogP contribution < -0.4 is 0 Å². The van der Waals surface area contributed by atoms with Gasteiger partial charge in [0.05, 0.1) is 69.2 Å². The number of fused-ring (bicyclic) bond motifs is 12. The second-order valence-corrected chi connectivity index (χ2v) is 28.0. The van der Waals surface area contributed by atoms with Gasteiger partial charge in [-0.3, -0.25) is 0 Å². The molecule has 0 spiro atoms. The van der Waals surface area contributed by atoms with Gasteiger partial charge >= 0.3 is 0 Å². The van der Waals surface area contributed by atoms with Crippen molar-refractivity contribution in [2.45, 2.75) is 23.7 Å². The smallest absolute Gasteiger partial charge is 0.0645 e. The van der Waals surface area contributed by atoms with Crippen LogP contribution in [-0.2, 0) is 0 Å². The maximum atomic E-state index is 8.98. The Morgan fingerprint density at radius 2 is 0.471 bits per heavy atom. The van der Waals surface area contributed by atoms with Gasteiger partial charge in [-0.2, -0.15) is 0 Å². The van der Waals surface area contributed by atoms with Gasteiger partial charge in [0.25, 0.3) is 0 Å². The maximum Gasteiger partial charge on any atom is 0.0645 e. The third-order valence-electron chi connectivity index (χ3n) is 23.2. The lowest BCUT2D eigenvalue weighted by atomic mass is 9.59. The second-order valence-electron chi connectivity index (χ2n) is 28.0. The first-order chi connectivity index (χ1) is 55.9. The Hall–Kier alpha value is -13.3. The topological polar surface area (TPSA) is 19.7 Å². The number of hydrogen-bond acceptors (Lipinski definition) is 0.